The summed E-state index contributed by atoms with van der Waals surface area (Å²) in [7, 11) is 0. The molecule has 1 fully saturated rings. The van der Waals surface area contributed by atoms with Crippen LogP contribution in [0, 0.1) is 5.82 Å². The van der Waals surface area contributed by atoms with Crippen molar-refractivity contribution in [1.82, 2.24) is 24.1 Å². The third kappa shape index (κ3) is 4.16. The summed E-state index contributed by atoms with van der Waals surface area (Å²) in [6.07, 6.45) is 3.60. The van der Waals surface area contributed by atoms with Gasteiger partial charge in [-0.3, -0.25) is 18.6 Å². The molecule has 7 nitrogen and oxygen atoms in total. The lowest BCUT2D eigenvalue weighted by molar-refractivity contribution is -0.129. The molecule has 0 N–H and O–H groups in total. The van der Waals surface area contributed by atoms with Gasteiger partial charge in [-0.25, -0.2) is 4.39 Å². The van der Waals surface area contributed by atoms with Gasteiger partial charge in [0.25, 0.3) is 5.56 Å². The van der Waals surface area contributed by atoms with Crippen LogP contribution in [0.5, 0.6) is 0 Å². The molecule has 0 unspecified atom stereocenters. The first-order valence-corrected chi connectivity index (χ1v) is 11.7. The minimum atomic E-state index is -0.292. The summed E-state index contributed by atoms with van der Waals surface area (Å²) < 4.78 is 16.6. The molecule has 4 aromatic rings. The van der Waals surface area contributed by atoms with E-state index < -0.39 is 0 Å². The molecule has 0 radical (unpaired) electrons. The van der Waals surface area contributed by atoms with Gasteiger partial charge in [0.05, 0.1) is 16.7 Å². The quantitative estimate of drug-likeness (QED) is 0.295. The number of allylic oxidation sites excluding steroid dienone is 1. The van der Waals surface area contributed by atoms with E-state index in [-0.39, 0.29) is 29.1 Å². The molecule has 0 saturated heterocycles. The van der Waals surface area contributed by atoms with E-state index in [9.17, 15) is 14.0 Å². The molecule has 168 valence electrons. The van der Waals surface area contributed by atoms with Crippen molar-refractivity contribution < 1.29 is 9.18 Å². The molecular weight excluding hydrogens is 441 g/mol. The number of aromatic nitrogens is 4. The summed E-state index contributed by atoms with van der Waals surface area (Å²) in [5.41, 5.74) is 1.44. The van der Waals surface area contributed by atoms with Gasteiger partial charge < -0.3 is 4.90 Å². The van der Waals surface area contributed by atoms with E-state index in [0.29, 0.717) is 34.9 Å². The van der Waals surface area contributed by atoms with Gasteiger partial charge in [0.15, 0.2) is 5.16 Å². The summed E-state index contributed by atoms with van der Waals surface area (Å²) in [4.78, 5) is 27.9. The number of hydrogen-bond acceptors (Lipinski definition) is 5. The number of rotatable bonds is 8. The summed E-state index contributed by atoms with van der Waals surface area (Å²) in [6.45, 7) is 4.50. The summed E-state index contributed by atoms with van der Waals surface area (Å²) in [5.74, 6) is 0.304. The topological polar surface area (TPSA) is 72.5 Å². The fraction of sp³-hybridized carbons (Fsp3) is 0.250. The Morgan fingerprint density at radius 2 is 1.94 bits per heavy atom. The van der Waals surface area contributed by atoms with Gasteiger partial charge in [-0.15, -0.1) is 16.8 Å². The van der Waals surface area contributed by atoms with Gasteiger partial charge >= 0.3 is 0 Å². The summed E-state index contributed by atoms with van der Waals surface area (Å²) in [6, 6.07) is 13.8. The Bertz CT molecular complexity index is 1410. The lowest BCUT2D eigenvalue weighted by Crippen LogP contribution is -2.34. The maximum atomic E-state index is 13.2. The minimum absolute atomic E-state index is 0.00714. The van der Waals surface area contributed by atoms with Crippen molar-refractivity contribution in [3.05, 3.63) is 82.9 Å². The smallest absolute Gasteiger partial charge is 0.263 e. The van der Waals surface area contributed by atoms with Gasteiger partial charge in [0, 0.05) is 19.1 Å². The highest BCUT2D eigenvalue weighted by Crippen LogP contribution is 2.30. The predicted octanol–water partition coefficient (Wildman–Crippen LogP) is 3.65. The Morgan fingerprint density at radius 3 is 2.67 bits per heavy atom. The monoisotopic (exact) mass is 463 g/mol. The van der Waals surface area contributed by atoms with Crippen molar-refractivity contribution in [2.45, 2.75) is 37.1 Å². The Kier molecular flexibility index (Phi) is 5.72. The molecule has 1 amide bonds. The van der Waals surface area contributed by atoms with Gasteiger partial charge in [-0.05, 0) is 42.7 Å². The molecule has 0 atom stereocenters. The molecule has 0 aliphatic heterocycles. The van der Waals surface area contributed by atoms with Crippen LogP contribution in [0.3, 0.4) is 0 Å². The van der Waals surface area contributed by atoms with Crippen molar-refractivity contribution in [2.24, 2.45) is 0 Å². The zero-order valence-electron chi connectivity index (χ0n) is 17.9. The third-order valence-electron chi connectivity index (χ3n) is 5.69. The van der Waals surface area contributed by atoms with Crippen molar-refractivity contribution in [3.8, 4) is 0 Å². The van der Waals surface area contributed by atoms with Crippen molar-refractivity contribution in [1.29, 1.82) is 0 Å². The van der Waals surface area contributed by atoms with Gasteiger partial charge in [-0.2, -0.15) is 0 Å². The second kappa shape index (κ2) is 8.82. The first-order chi connectivity index (χ1) is 16.1. The zero-order valence-corrected chi connectivity index (χ0v) is 18.7. The minimum Gasteiger partial charge on any atom is -0.335 e. The van der Waals surface area contributed by atoms with Crippen LogP contribution in [0.2, 0.25) is 0 Å². The average Bonchev–Trinajstić information content (AvgIpc) is 3.58. The lowest BCUT2D eigenvalue weighted by atomic mass is 10.2. The van der Waals surface area contributed by atoms with E-state index in [0.717, 1.165) is 18.4 Å². The Labute approximate surface area is 193 Å². The van der Waals surface area contributed by atoms with Crippen LogP contribution in [0.1, 0.15) is 18.4 Å². The van der Waals surface area contributed by atoms with Crippen LogP contribution in [0.15, 0.2) is 71.1 Å². The fourth-order valence-corrected chi connectivity index (χ4v) is 4.75. The van der Waals surface area contributed by atoms with Gasteiger partial charge in [0.1, 0.15) is 5.82 Å². The van der Waals surface area contributed by atoms with E-state index in [1.54, 1.807) is 24.3 Å². The summed E-state index contributed by atoms with van der Waals surface area (Å²) >= 11 is 1.30. The predicted molar refractivity (Wildman–Crippen MR) is 126 cm³/mol. The van der Waals surface area contributed by atoms with Crippen LogP contribution in [0.25, 0.3) is 16.7 Å². The Balaban J connectivity index is 1.43. The number of benzene rings is 2. The zero-order chi connectivity index (χ0) is 22.9. The molecule has 2 aromatic carbocycles. The number of nitrogens with zero attached hydrogens (tertiary/aromatic N) is 5. The highest BCUT2D eigenvalue weighted by Gasteiger charge is 2.32. The van der Waals surface area contributed by atoms with E-state index >= 15 is 0 Å². The molecule has 9 heteroatoms. The normalized spacial score (nSPS) is 13.5. The van der Waals surface area contributed by atoms with Crippen molar-refractivity contribution >= 4 is 34.3 Å². The molecule has 33 heavy (non-hydrogen) atoms. The van der Waals surface area contributed by atoms with E-state index in [2.05, 4.69) is 16.8 Å². The van der Waals surface area contributed by atoms with E-state index in [4.69, 9.17) is 0 Å². The van der Waals surface area contributed by atoms with Gasteiger partial charge in [0.2, 0.25) is 11.7 Å². The molecule has 2 heterocycles. The summed E-state index contributed by atoms with van der Waals surface area (Å²) in [5, 5.41) is 9.62. The first-order valence-electron chi connectivity index (χ1n) is 10.7. The second-order valence-electron chi connectivity index (χ2n) is 8.01. The van der Waals surface area contributed by atoms with E-state index in [1.165, 1.54) is 28.5 Å². The van der Waals surface area contributed by atoms with Crippen LogP contribution in [-0.4, -0.2) is 41.8 Å². The number of hydrogen-bond donors (Lipinski definition) is 0. The van der Waals surface area contributed by atoms with Crippen LogP contribution in [0.4, 0.5) is 4.39 Å². The number of carbonyl (C=O) groups excluding carboxylic acids is 1. The van der Waals surface area contributed by atoms with Crippen molar-refractivity contribution in [3.63, 3.8) is 0 Å². The molecule has 1 saturated carbocycles. The standard InChI is InChI=1S/C24H22FN5O2S/c1-2-13-28-22(32)19-5-3-4-6-20(19)30-23(28)26-27-24(30)33-15-21(31)29(18-11-12-18)14-16-7-9-17(25)10-8-16/h2-10,18H,1,11-15H2. The van der Waals surface area contributed by atoms with Crippen LogP contribution < -0.4 is 5.56 Å². The number of para-hydroxylation sites is 1. The Hall–Kier alpha value is -3.46. The average molecular weight is 464 g/mol. The highest BCUT2D eigenvalue weighted by atomic mass is 32.2. The van der Waals surface area contributed by atoms with E-state index in [1.807, 2.05) is 27.5 Å². The van der Waals surface area contributed by atoms with Crippen LogP contribution in [-0.2, 0) is 17.9 Å². The third-order valence-corrected chi connectivity index (χ3v) is 6.60. The number of halogens is 1. The molecule has 0 spiro atoms. The first kappa shape index (κ1) is 21.4. The Morgan fingerprint density at radius 1 is 1.18 bits per heavy atom. The number of fused-ring (bicyclic) bond motifs is 3. The largest absolute Gasteiger partial charge is 0.335 e. The second-order valence-corrected chi connectivity index (χ2v) is 8.95. The molecule has 5 rings (SSSR count). The van der Waals surface area contributed by atoms with Crippen molar-refractivity contribution in [2.75, 3.05) is 5.75 Å². The molecular formula is C24H22FN5O2S. The van der Waals surface area contributed by atoms with Gasteiger partial charge in [-0.1, -0.05) is 42.1 Å². The molecule has 0 bridgehead atoms. The number of amides is 1. The number of carbonyl (C=O) groups is 1. The van der Waals surface area contributed by atoms with Crippen LogP contribution >= 0.6 is 11.8 Å². The molecule has 1 aliphatic rings. The molecule has 1 aliphatic carbocycles. The molecule has 2 aromatic heterocycles. The lowest BCUT2D eigenvalue weighted by Gasteiger charge is -2.22. The maximum Gasteiger partial charge on any atom is 0.263 e. The number of thioether (sulfide) groups is 1. The highest BCUT2D eigenvalue weighted by molar-refractivity contribution is 7.99. The maximum absolute atomic E-state index is 13.2. The SMILES string of the molecule is C=CCn1c(=O)c2ccccc2n2c(SCC(=O)N(Cc3ccc(F)cc3)C3CC3)nnc12. The fourth-order valence-electron chi connectivity index (χ4n) is 3.92.